The Kier molecular flexibility index (Phi) is 4.56. The van der Waals surface area contributed by atoms with Gasteiger partial charge in [0.25, 0.3) is 10.1 Å². The minimum Gasteiger partial charge on any atom is -0.282 e. The van der Waals surface area contributed by atoms with Crippen LogP contribution >= 0.6 is 0 Å². The summed E-state index contributed by atoms with van der Waals surface area (Å²) in [7, 11) is -4.13. The molecule has 3 nitrogen and oxygen atoms in total. The summed E-state index contributed by atoms with van der Waals surface area (Å²) in [4.78, 5) is 0.0612. The largest absolute Gasteiger partial charge is 0.294 e. The quantitative estimate of drug-likeness (QED) is 0.852. The zero-order valence-corrected chi connectivity index (χ0v) is 12.3. The molecule has 0 saturated heterocycles. The smallest absolute Gasteiger partial charge is 0.282 e. The lowest BCUT2D eigenvalue weighted by Crippen LogP contribution is -2.11. The molecule has 0 aliphatic heterocycles. The Morgan fingerprint density at radius 1 is 1.22 bits per heavy atom. The van der Waals surface area contributed by atoms with Gasteiger partial charge >= 0.3 is 0 Å². The predicted octanol–water partition coefficient (Wildman–Crippen LogP) is 3.47. The molecule has 0 radical (unpaired) electrons. The van der Waals surface area contributed by atoms with Crippen LogP contribution in [0.2, 0.25) is 0 Å². The highest BCUT2D eigenvalue weighted by Gasteiger charge is 2.18. The van der Waals surface area contributed by atoms with Crippen molar-refractivity contribution in [1.82, 2.24) is 0 Å². The third kappa shape index (κ3) is 4.42. The summed E-state index contributed by atoms with van der Waals surface area (Å²) in [5.41, 5.74) is 1.72. The average Bonchev–Trinajstić information content (AvgIpc) is 2.16. The molecule has 0 unspecified atom stereocenters. The Hall–Kier alpha value is -0.870. The molecule has 4 heteroatoms. The van der Waals surface area contributed by atoms with E-state index >= 15 is 0 Å². The number of benzene rings is 1. The van der Waals surface area contributed by atoms with Crippen LogP contribution in [-0.2, 0) is 23.0 Å². The van der Waals surface area contributed by atoms with Crippen molar-refractivity contribution in [2.45, 2.75) is 51.9 Å². The van der Waals surface area contributed by atoms with Gasteiger partial charge in [-0.2, -0.15) is 8.42 Å². The molecule has 0 atom stereocenters. The zero-order chi connectivity index (χ0) is 14.0. The predicted molar refractivity (Wildman–Crippen MR) is 73.4 cm³/mol. The molecule has 1 N–H and O–H groups in total. The first-order chi connectivity index (χ1) is 8.13. The van der Waals surface area contributed by atoms with Gasteiger partial charge in [-0.15, -0.1) is 0 Å². The Bertz CT molecular complexity index is 510. The molecule has 0 heterocycles. The van der Waals surface area contributed by atoms with Gasteiger partial charge < -0.3 is 0 Å². The minimum absolute atomic E-state index is 0.0612. The number of hydrogen-bond acceptors (Lipinski definition) is 2. The molecule has 0 aliphatic rings. The van der Waals surface area contributed by atoms with Crippen molar-refractivity contribution < 1.29 is 13.0 Å². The van der Waals surface area contributed by atoms with Gasteiger partial charge in [-0.05, 0) is 35.4 Å². The molecule has 0 aliphatic carbocycles. The van der Waals surface area contributed by atoms with Crippen molar-refractivity contribution in [1.29, 1.82) is 0 Å². The molecule has 0 bridgehead atoms. The fourth-order valence-corrected chi connectivity index (χ4v) is 2.84. The second-order valence-corrected chi connectivity index (χ2v) is 7.29. The van der Waals surface area contributed by atoms with E-state index in [0.29, 0.717) is 12.0 Å². The number of aryl methyl sites for hydroxylation is 1. The van der Waals surface area contributed by atoms with Gasteiger partial charge in [-0.3, -0.25) is 4.55 Å². The zero-order valence-electron chi connectivity index (χ0n) is 11.5. The molecule has 0 spiro atoms. The lowest BCUT2D eigenvalue weighted by molar-refractivity contribution is 0.410. The van der Waals surface area contributed by atoms with Crippen LogP contribution in [0.1, 0.15) is 45.2 Å². The van der Waals surface area contributed by atoms with Crippen LogP contribution in [0.15, 0.2) is 23.1 Å². The summed E-state index contributed by atoms with van der Waals surface area (Å²) in [6, 6.07) is 5.37. The third-order valence-corrected chi connectivity index (χ3v) is 3.60. The van der Waals surface area contributed by atoms with Crippen LogP contribution in [0.4, 0.5) is 0 Å². The van der Waals surface area contributed by atoms with Crippen LogP contribution in [0, 0.1) is 5.41 Å². The first-order valence-electron chi connectivity index (χ1n) is 6.23. The van der Waals surface area contributed by atoms with Crippen LogP contribution < -0.4 is 0 Å². The highest BCUT2D eigenvalue weighted by Crippen LogP contribution is 2.25. The highest BCUT2D eigenvalue weighted by molar-refractivity contribution is 7.85. The Morgan fingerprint density at radius 3 is 2.28 bits per heavy atom. The lowest BCUT2D eigenvalue weighted by Gasteiger charge is -2.19. The van der Waals surface area contributed by atoms with Crippen molar-refractivity contribution >= 4 is 10.1 Å². The van der Waals surface area contributed by atoms with Gasteiger partial charge in [-0.25, -0.2) is 0 Å². The van der Waals surface area contributed by atoms with E-state index in [1.165, 1.54) is 0 Å². The molecular formula is C14H22O3S. The van der Waals surface area contributed by atoms with E-state index in [1.807, 2.05) is 19.1 Å². The van der Waals surface area contributed by atoms with Gasteiger partial charge in [0.15, 0.2) is 0 Å². The van der Waals surface area contributed by atoms with Gasteiger partial charge in [0.05, 0.1) is 4.90 Å². The third-order valence-electron chi connectivity index (χ3n) is 2.66. The van der Waals surface area contributed by atoms with Crippen molar-refractivity contribution in [3.05, 3.63) is 29.3 Å². The second kappa shape index (κ2) is 5.41. The van der Waals surface area contributed by atoms with Crippen molar-refractivity contribution in [3.63, 3.8) is 0 Å². The van der Waals surface area contributed by atoms with E-state index in [2.05, 4.69) is 20.8 Å². The van der Waals surface area contributed by atoms with Crippen molar-refractivity contribution in [2.24, 2.45) is 5.41 Å². The van der Waals surface area contributed by atoms with Crippen LogP contribution in [0.5, 0.6) is 0 Å². The second-order valence-electron chi connectivity index (χ2n) is 5.90. The molecule has 0 aromatic heterocycles. The van der Waals surface area contributed by atoms with Gasteiger partial charge in [0.2, 0.25) is 0 Å². The van der Waals surface area contributed by atoms with E-state index < -0.39 is 10.1 Å². The summed E-state index contributed by atoms with van der Waals surface area (Å²) < 4.78 is 32.1. The Morgan fingerprint density at radius 2 is 1.83 bits per heavy atom. The van der Waals surface area contributed by atoms with E-state index in [-0.39, 0.29) is 10.3 Å². The van der Waals surface area contributed by atoms with E-state index in [1.54, 1.807) is 6.07 Å². The van der Waals surface area contributed by atoms with E-state index in [4.69, 9.17) is 0 Å². The summed E-state index contributed by atoms with van der Waals surface area (Å²) >= 11 is 0. The SMILES string of the molecule is CCCc1ccc(CC(C)(C)C)cc1S(=O)(=O)O. The van der Waals surface area contributed by atoms with E-state index in [0.717, 1.165) is 18.4 Å². The van der Waals surface area contributed by atoms with Crippen LogP contribution in [0.25, 0.3) is 0 Å². The lowest BCUT2D eigenvalue weighted by atomic mass is 9.88. The Labute approximate surface area is 110 Å². The average molecular weight is 270 g/mol. The van der Waals surface area contributed by atoms with E-state index in [9.17, 15) is 13.0 Å². The van der Waals surface area contributed by atoms with Crippen LogP contribution in [-0.4, -0.2) is 13.0 Å². The molecule has 0 amide bonds. The van der Waals surface area contributed by atoms with Gasteiger partial charge in [0.1, 0.15) is 0 Å². The molecule has 1 aromatic carbocycles. The minimum atomic E-state index is -4.13. The summed E-state index contributed by atoms with van der Waals surface area (Å²) in [6.45, 7) is 8.27. The van der Waals surface area contributed by atoms with Gasteiger partial charge in [-0.1, -0.05) is 46.2 Å². The molecule has 1 rings (SSSR count). The van der Waals surface area contributed by atoms with Crippen LogP contribution in [0.3, 0.4) is 0 Å². The monoisotopic (exact) mass is 270 g/mol. The molecule has 0 saturated carbocycles. The first kappa shape index (κ1) is 15.2. The molecule has 0 fully saturated rings. The molecule has 18 heavy (non-hydrogen) atoms. The molecule has 1 aromatic rings. The fraction of sp³-hybridized carbons (Fsp3) is 0.571. The summed E-state index contributed by atoms with van der Waals surface area (Å²) in [5, 5.41) is 0. The fourth-order valence-electron chi connectivity index (χ4n) is 2.04. The van der Waals surface area contributed by atoms with Crippen molar-refractivity contribution in [2.75, 3.05) is 0 Å². The molecular weight excluding hydrogens is 248 g/mol. The topological polar surface area (TPSA) is 54.4 Å². The first-order valence-corrected chi connectivity index (χ1v) is 7.67. The number of hydrogen-bond donors (Lipinski definition) is 1. The molecule has 102 valence electrons. The van der Waals surface area contributed by atoms with Gasteiger partial charge in [0, 0.05) is 0 Å². The van der Waals surface area contributed by atoms with Crippen molar-refractivity contribution in [3.8, 4) is 0 Å². The maximum atomic E-state index is 11.4. The summed E-state index contributed by atoms with van der Waals surface area (Å²) in [5.74, 6) is 0. The maximum absolute atomic E-state index is 11.4. The highest BCUT2D eigenvalue weighted by atomic mass is 32.2. The maximum Gasteiger partial charge on any atom is 0.294 e. The Balaban J connectivity index is 3.22. The summed E-state index contributed by atoms with van der Waals surface area (Å²) in [6.07, 6.45) is 2.29. The normalized spacial score (nSPS) is 12.7. The number of rotatable bonds is 4. The standard InChI is InChI=1S/C14H22O3S/c1-5-6-12-8-7-11(10-14(2,3)4)9-13(12)18(15,16)17/h7-9H,5-6,10H2,1-4H3,(H,15,16,17).